The van der Waals surface area contributed by atoms with Gasteiger partial charge in [-0.05, 0) is 47.9 Å². The number of hydrogen-bond acceptors (Lipinski definition) is 4. The highest BCUT2D eigenvalue weighted by Gasteiger charge is 2.46. The first-order chi connectivity index (χ1) is 15.0. The van der Waals surface area contributed by atoms with Gasteiger partial charge in [-0.2, -0.15) is 0 Å². The number of rotatable bonds is 4. The van der Waals surface area contributed by atoms with Crippen LogP contribution in [0.2, 0.25) is 0 Å². The van der Waals surface area contributed by atoms with Crippen molar-refractivity contribution in [3.63, 3.8) is 0 Å². The number of carbonyl (C=O) groups excluding carboxylic acids is 2. The molecule has 3 atom stereocenters. The van der Waals surface area contributed by atoms with Crippen molar-refractivity contribution in [1.29, 1.82) is 0 Å². The normalized spacial score (nSPS) is 24.3. The smallest absolute Gasteiger partial charge is 0.407 e. The second-order valence-electron chi connectivity index (χ2n) is 8.43. The summed E-state index contributed by atoms with van der Waals surface area (Å²) in [5.41, 5.74) is 4.53. The highest BCUT2D eigenvalue weighted by Crippen LogP contribution is 2.44. The molecule has 31 heavy (non-hydrogen) atoms. The minimum absolute atomic E-state index is 0.0471. The molecule has 2 aliphatic heterocycles. The molecule has 0 radical (unpaired) electrons. The molecule has 160 valence electrons. The maximum absolute atomic E-state index is 12.8. The summed E-state index contributed by atoms with van der Waals surface area (Å²) in [6.07, 6.45) is 1.69. The fraction of sp³-hybridized carbons (Fsp3) is 0.375. The van der Waals surface area contributed by atoms with Crippen LogP contribution in [0.1, 0.15) is 42.7 Å². The lowest BCUT2D eigenvalue weighted by molar-refractivity contribution is -0.152. The van der Waals surface area contributed by atoms with Crippen molar-refractivity contribution in [3.8, 4) is 11.1 Å². The van der Waals surface area contributed by atoms with Crippen LogP contribution >= 0.6 is 0 Å². The van der Waals surface area contributed by atoms with E-state index in [1.54, 1.807) is 0 Å². The summed E-state index contributed by atoms with van der Waals surface area (Å²) in [7, 11) is 0. The van der Waals surface area contributed by atoms with E-state index in [1.165, 1.54) is 4.90 Å². The maximum Gasteiger partial charge on any atom is 0.407 e. The van der Waals surface area contributed by atoms with Crippen molar-refractivity contribution in [1.82, 2.24) is 10.2 Å². The number of piperidine rings is 1. The topological polar surface area (TPSA) is 95.9 Å². The number of hydrogen-bond donors (Lipinski definition) is 2. The minimum Gasteiger partial charge on any atom is -0.480 e. The Morgan fingerprint density at radius 3 is 2.23 bits per heavy atom. The number of alkyl carbamates (subject to hydrolysis) is 1. The number of carbonyl (C=O) groups is 3. The Bertz CT molecular complexity index is 1010. The zero-order valence-corrected chi connectivity index (χ0v) is 17.0. The monoisotopic (exact) mass is 420 g/mol. The van der Waals surface area contributed by atoms with Gasteiger partial charge < -0.3 is 20.1 Å². The van der Waals surface area contributed by atoms with E-state index in [-0.39, 0.29) is 24.5 Å². The number of nitrogens with zero attached hydrogens (tertiary/aromatic N) is 1. The summed E-state index contributed by atoms with van der Waals surface area (Å²) in [6.45, 7) is 0.171. The molecule has 2 saturated heterocycles. The Hall–Kier alpha value is -3.35. The first-order valence-electron chi connectivity index (χ1n) is 10.7. The molecule has 3 aliphatic rings. The lowest BCUT2D eigenvalue weighted by Crippen LogP contribution is -2.57. The summed E-state index contributed by atoms with van der Waals surface area (Å²) in [6, 6.07) is 14.6. The van der Waals surface area contributed by atoms with Crippen LogP contribution in [0.3, 0.4) is 0 Å². The zero-order valence-electron chi connectivity index (χ0n) is 17.0. The largest absolute Gasteiger partial charge is 0.480 e. The zero-order chi connectivity index (χ0) is 21.5. The molecule has 5 rings (SSSR count). The third-order valence-corrected chi connectivity index (χ3v) is 6.76. The quantitative estimate of drug-likeness (QED) is 0.792. The third-order valence-electron chi connectivity index (χ3n) is 6.76. The number of ether oxygens (including phenoxy) is 1. The van der Waals surface area contributed by atoms with Crippen LogP contribution in [0.5, 0.6) is 0 Å². The number of fused-ring (bicyclic) bond motifs is 4. The van der Waals surface area contributed by atoms with Gasteiger partial charge in [-0.25, -0.2) is 9.59 Å². The molecule has 1 aliphatic carbocycles. The molecule has 2 fully saturated rings. The highest BCUT2D eigenvalue weighted by atomic mass is 16.5. The van der Waals surface area contributed by atoms with Gasteiger partial charge >= 0.3 is 12.1 Å². The molecule has 0 saturated carbocycles. The van der Waals surface area contributed by atoms with Gasteiger partial charge in [0.1, 0.15) is 18.7 Å². The predicted molar refractivity (Wildman–Crippen MR) is 113 cm³/mol. The lowest BCUT2D eigenvalue weighted by atomic mass is 9.98. The van der Waals surface area contributed by atoms with Gasteiger partial charge in [-0.15, -0.1) is 0 Å². The van der Waals surface area contributed by atoms with Gasteiger partial charge in [-0.1, -0.05) is 48.5 Å². The second-order valence-corrected chi connectivity index (χ2v) is 8.43. The van der Waals surface area contributed by atoms with Crippen molar-refractivity contribution in [2.24, 2.45) is 0 Å². The predicted octanol–water partition coefficient (Wildman–Crippen LogP) is 3.13. The molecule has 7 nitrogen and oxygen atoms in total. The Labute approximate surface area is 180 Å². The molecule has 0 bridgehead atoms. The molecule has 2 aromatic rings. The first-order valence-corrected chi connectivity index (χ1v) is 10.7. The SMILES string of the molecule is O=C(N[C@@H]1CC[C@@H]2CC[C@@H](C(=O)O)N2C1=O)OCC1c2ccccc2-c2ccccc21. The number of benzene rings is 2. The van der Waals surface area contributed by atoms with E-state index in [0.29, 0.717) is 25.7 Å². The molecule has 7 heteroatoms. The van der Waals surface area contributed by atoms with Crippen LogP contribution < -0.4 is 5.32 Å². The lowest BCUT2D eigenvalue weighted by Gasteiger charge is -2.36. The van der Waals surface area contributed by atoms with Crippen LogP contribution in [0.4, 0.5) is 4.79 Å². The number of aliphatic carboxylic acids is 1. The standard InChI is InChI=1S/C24H24N2O5/c27-22-20(11-9-14-10-12-21(23(28)29)26(14)22)25-24(30)31-13-19-17-7-3-1-5-15(17)16-6-2-4-8-18(16)19/h1-8,14,19-21H,9-13H2,(H,25,30)(H,28,29)/t14-,20-,21+/m1/s1. The van der Waals surface area contributed by atoms with E-state index in [9.17, 15) is 19.5 Å². The van der Waals surface area contributed by atoms with E-state index in [4.69, 9.17) is 4.74 Å². The van der Waals surface area contributed by atoms with E-state index < -0.39 is 24.1 Å². The van der Waals surface area contributed by atoms with E-state index in [1.807, 2.05) is 36.4 Å². The molecular weight excluding hydrogens is 396 g/mol. The van der Waals surface area contributed by atoms with Gasteiger partial charge in [0.25, 0.3) is 0 Å². The fourth-order valence-corrected chi connectivity index (χ4v) is 5.32. The molecule has 2 amide bonds. The molecule has 0 aromatic heterocycles. The Morgan fingerprint density at radius 2 is 1.58 bits per heavy atom. The van der Waals surface area contributed by atoms with E-state index in [2.05, 4.69) is 17.4 Å². The maximum atomic E-state index is 12.8. The molecular formula is C24H24N2O5. The summed E-state index contributed by atoms with van der Waals surface area (Å²) in [5, 5.41) is 12.1. The average Bonchev–Trinajstić information content (AvgIpc) is 3.34. The van der Waals surface area contributed by atoms with Crippen molar-refractivity contribution < 1.29 is 24.2 Å². The van der Waals surface area contributed by atoms with Gasteiger partial charge in [-0.3, -0.25) is 4.79 Å². The summed E-state index contributed by atoms with van der Waals surface area (Å²) in [4.78, 5) is 38.3. The Morgan fingerprint density at radius 1 is 0.968 bits per heavy atom. The number of nitrogens with one attached hydrogen (secondary N) is 1. The van der Waals surface area contributed by atoms with Crippen LogP contribution in [0.25, 0.3) is 11.1 Å². The van der Waals surface area contributed by atoms with Crippen molar-refractivity contribution in [3.05, 3.63) is 59.7 Å². The summed E-state index contributed by atoms with van der Waals surface area (Å²) >= 11 is 0. The number of carboxylic acids is 1. The van der Waals surface area contributed by atoms with Crippen molar-refractivity contribution in [2.45, 2.75) is 49.7 Å². The molecule has 0 unspecified atom stereocenters. The van der Waals surface area contributed by atoms with Gasteiger partial charge in [0.15, 0.2) is 0 Å². The van der Waals surface area contributed by atoms with Gasteiger partial charge in [0.2, 0.25) is 5.91 Å². The second kappa shape index (κ2) is 7.72. The first kappa shape index (κ1) is 19.6. The molecule has 0 spiro atoms. The highest BCUT2D eigenvalue weighted by molar-refractivity contribution is 5.90. The minimum atomic E-state index is -0.988. The number of amides is 2. The van der Waals surface area contributed by atoms with E-state index in [0.717, 1.165) is 22.3 Å². The fourth-order valence-electron chi connectivity index (χ4n) is 5.32. The molecule has 2 aromatic carbocycles. The molecule has 2 heterocycles. The Balaban J connectivity index is 1.25. The van der Waals surface area contributed by atoms with Crippen LogP contribution in [0, 0.1) is 0 Å². The van der Waals surface area contributed by atoms with Crippen LogP contribution in [0.15, 0.2) is 48.5 Å². The van der Waals surface area contributed by atoms with Crippen LogP contribution in [-0.4, -0.2) is 52.7 Å². The van der Waals surface area contributed by atoms with Gasteiger partial charge in [0, 0.05) is 12.0 Å². The summed E-state index contributed by atoms with van der Waals surface area (Å²) < 4.78 is 5.54. The number of carboxylic acid groups (broad SMARTS) is 1. The third kappa shape index (κ3) is 3.34. The average molecular weight is 420 g/mol. The van der Waals surface area contributed by atoms with Crippen LogP contribution in [-0.2, 0) is 14.3 Å². The Kier molecular flexibility index (Phi) is 4.88. The van der Waals surface area contributed by atoms with Crippen molar-refractivity contribution >= 4 is 18.0 Å². The summed E-state index contributed by atoms with van der Waals surface area (Å²) in [5.74, 6) is -1.37. The van der Waals surface area contributed by atoms with E-state index >= 15 is 0 Å². The van der Waals surface area contributed by atoms with Crippen molar-refractivity contribution in [2.75, 3.05) is 6.61 Å². The molecule has 2 N–H and O–H groups in total. The van der Waals surface area contributed by atoms with Gasteiger partial charge in [0.05, 0.1) is 0 Å².